The summed E-state index contributed by atoms with van der Waals surface area (Å²) in [7, 11) is 0. The lowest BCUT2D eigenvalue weighted by Crippen LogP contribution is -2.09. The van der Waals surface area contributed by atoms with Crippen LogP contribution in [0.15, 0.2) is 12.1 Å². The minimum Gasteiger partial charge on any atom is -0.493 e. The summed E-state index contributed by atoms with van der Waals surface area (Å²) >= 11 is 10.1. The second-order valence-corrected chi connectivity index (χ2v) is 7.57. The fraction of sp³-hybridized carbons (Fsp3) is 0.625. The van der Waals surface area contributed by atoms with E-state index < -0.39 is 0 Å². The molecule has 1 fully saturated rings. The summed E-state index contributed by atoms with van der Waals surface area (Å²) in [5, 5.41) is 0.864. The second-order valence-electron chi connectivity index (χ2n) is 5.84. The van der Waals surface area contributed by atoms with Crippen LogP contribution in [-0.4, -0.2) is 11.4 Å². The van der Waals surface area contributed by atoms with Crippen LogP contribution in [0, 0.1) is 5.92 Å². The van der Waals surface area contributed by atoms with Gasteiger partial charge in [-0.1, -0.05) is 46.8 Å². The first-order valence-corrected chi connectivity index (χ1v) is 8.60. The molecule has 1 aromatic rings. The Morgan fingerprint density at radius 2 is 2.11 bits per heavy atom. The van der Waals surface area contributed by atoms with Crippen molar-refractivity contribution < 1.29 is 4.74 Å². The number of ether oxygens (including phenoxy) is 1. The standard InChI is InChI=1S/C16H20BrClO/c17-14-4-2-1-3-11(8-14)7-13-10-15(18)9-12-5-6-19-16(12)13/h9-11,14H,1-8H2. The van der Waals surface area contributed by atoms with Gasteiger partial charge in [0.1, 0.15) is 5.75 Å². The Kier molecular flexibility index (Phi) is 4.38. The lowest BCUT2D eigenvalue weighted by Gasteiger charge is -2.18. The van der Waals surface area contributed by atoms with E-state index in [-0.39, 0.29) is 0 Å². The molecule has 104 valence electrons. The molecule has 1 aromatic carbocycles. The van der Waals surface area contributed by atoms with Gasteiger partial charge in [-0.25, -0.2) is 0 Å². The van der Waals surface area contributed by atoms with Crippen molar-refractivity contribution in [1.82, 2.24) is 0 Å². The van der Waals surface area contributed by atoms with Crippen LogP contribution in [0.3, 0.4) is 0 Å². The van der Waals surface area contributed by atoms with Crippen molar-refractivity contribution in [2.24, 2.45) is 5.92 Å². The largest absolute Gasteiger partial charge is 0.493 e. The Balaban J connectivity index is 1.79. The normalized spacial score (nSPS) is 26.6. The van der Waals surface area contributed by atoms with Gasteiger partial charge in [-0.2, -0.15) is 0 Å². The highest BCUT2D eigenvalue weighted by molar-refractivity contribution is 9.09. The van der Waals surface area contributed by atoms with Crippen LogP contribution in [0.1, 0.15) is 43.2 Å². The molecule has 2 unspecified atom stereocenters. The number of hydrogen-bond acceptors (Lipinski definition) is 1. The summed E-state index contributed by atoms with van der Waals surface area (Å²) in [5.41, 5.74) is 2.62. The molecule has 1 saturated carbocycles. The van der Waals surface area contributed by atoms with Gasteiger partial charge in [0.25, 0.3) is 0 Å². The molecule has 0 saturated heterocycles. The maximum absolute atomic E-state index is 6.24. The van der Waals surface area contributed by atoms with Crippen molar-refractivity contribution in [3.05, 3.63) is 28.3 Å². The Labute approximate surface area is 128 Å². The van der Waals surface area contributed by atoms with Gasteiger partial charge in [-0.05, 0) is 48.4 Å². The van der Waals surface area contributed by atoms with Crippen molar-refractivity contribution in [3.8, 4) is 5.75 Å². The highest BCUT2D eigenvalue weighted by Gasteiger charge is 2.23. The van der Waals surface area contributed by atoms with Gasteiger partial charge in [0, 0.05) is 16.3 Å². The van der Waals surface area contributed by atoms with E-state index >= 15 is 0 Å². The maximum atomic E-state index is 6.24. The molecule has 1 aliphatic carbocycles. The molecule has 0 spiro atoms. The monoisotopic (exact) mass is 342 g/mol. The predicted molar refractivity (Wildman–Crippen MR) is 83.6 cm³/mol. The molecule has 1 heterocycles. The first-order valence-electron chi connectivity index (χ1n) is 7.30. The fourth-order valence-corrected chi connectivity index (χ4v) is 4.51. The van der Waals surface area contributed by atoms with Gasteiger partial charge in [0.15, 0.2) is 0 Å². The van der Waals surface area contributed by atoms with E-state index in [1.54, 1.807) is 0 Å². The molecule has 1 nitrogen and oxygen atoms in total. The van der Waals surface area contributed by atoms with Gasteiger partial charge in [-0.15, -0.1) is 0 Å². The summed E-state index contributed by atoms with van der Waals surface area (Å²) in [6.45, 7) is 0.814. The van der Waals surface area contributed by atoms with E-state index in [0.717, 1.165) is 36.1 Å². The van der Waals surface area contributed by atoms with E-state index in [2.05, 4.69) is 28.1 Å². The molecule has 0 radical (unpaired) electrons. The molecule has 0 aromatic heterocycles. The van der Waals surface area contributed by atoms with Gasteiger partial charge >= 0.3 is 0 Å². The number of rotatable bonds is 2. The van der Waals surface area contributed by atoms with Gasteiger partial charge in [0.2, 0.25) is 0 Å². The Bertz CT molecular complexity index is 460. The van der Waals surface area contributed by atoms with Crippen LogP contribution in [-0.2, 0) is 12.8 Å². The number of benzene rings is 1. The van der Waals surface area contributed by atoms with E-state index in [1.807, 2.05) is 0 Å². The maximum Gasteiger partial charge on any atom is 0.125 e. The van der Waals surface area contributed by atoms with E-state index in [4.69, 9.17) is 16.3 Å². The molecule has 3 heteroatoms. The van der Waals surface area contributed by atoms with Crippen LogP contribution in [0.5, 0.6) is 5.75 Å². The van der Waals surface area contributed by atoms with Crippen molar-refractivity contribution >= 4 is 27.5 Å². The topological polar surface area (TPSA) is 9.23 Å². The third kappa shape index (κ3) is 3.28. The van der Waals surface area contributed by atoms with Gasteiger partial charge < -0.3 is 4.74 Å². The summed E-state index contributed by atoms with van der Waals surface area (Å²) in [6, 6.07) is 4.17. The van der Waals surface area contributed by atoms with Crippen molar-refractivity contribution in [3.63, 3.8) is 0 Å². The number of fused-ring (bicyclic) bond motifs is 1. The van der Waals surface area contributed by atoms with Crippen LogP contribution in [0.25, 0.3) is 0 Å². The molecule has 2 atom stereocenters. The number of halogens is 2. The number of alkyl halides is 1. The quantitative estimate of drug-likeness (QED) is 0.532. The average molecular weight is 344 g/mol. The summed E-state index contributed by atoms with van der Waals surface area (Å²) < 4.78 is 5.81. The number of hydrogen-bond donors (Lipinski definition) is 0. The smallest absolute Gasteiger partial charge is 0.125 e. The molecule has 1 aliphatic heterocycles. The zero-order chi connectivity index (χ0) is 13.2. The minimum atomic E-state index is 0.688. The molecule has 3 rings (SSSR count). The molecule has 0 bridgehead atoms. The molecule has 2 aliphatic rings. The van der Waals surface area contributed by atoms with E-state index in [1.165, 1.54) is 43.2 Å². The molecule has 0 amide bonds. The first-order chi connectivity index (χ1) is 9.22. The van der Waals surface area contributed by atoms with Crippen LogP contribution in [0.2, 0.25) is 5.02 Å². The van der Waals surface area contributed by atoms with Crippen molar-refractivity contribution in [2.45, 2.75) is 49.8 Å². The van der Waals surface area contributed by atoms with Gasteiger partial charge in [0.05, 0.1) is 6.61 Å². The SMILES string of the molecule is Clc1cc2c(c(CC3CCCCC(Br)C3)c1)OCC2. The third-order valence-electron chi connectivity index (χ3n) is 4.30. The van der Waals surface area contributed by atoms with Crippen molar-refractivity contribution in [2.75, 3.05) is 6.61 Å². The molecular weight excluding hydrogens is 324 g/mol. The Hall–Kier alpha value is -0.210. The summed E-state index contributed by atoms with van der Waals surface area (Å²) in [6.07, 6.45) is 8.78. The van der Waals surface area contributed by atoms with Crippen LogP contribution >= 0.6 is 27.5 Å². The first kappa shape index (κ1) is 13.8. The van der Waals surface area contributed by atoms with Gasteiger partial charge in [-0.3, -0.25) is 0 Å². The molecule has 0 N–H and O–H groups in total. The lowest BCUT2D eigenvalue weighted by atomic mass is 9.91. The second kappa shape index (κ2) is 6.05. The third-order valence-corrected chi connectivity index (χ3v) is 5.35. The van der Waals surface area contributed by atoms with Crippen LogP contribution < -0.4 is 4.74 Å². The summed E-state index contributed by atoms with van der Waals surface area (Å²) in [4.78, 5) is 0.688. The van der Waals surface area contributed by atoms with Crippen LogP contribution in [0.4, 0.5) is 0 Å². The highest BCUT2D eigenvalue weighted by atomic mass is 79.9. The summed E-state index contributed by atoms with van der Waals surface area (Å²) in [5.74, 6) is 1.89. The van der Waals surface area contributed by atoms with E-state index in [9.17, 15) is 0 Å². The lowest BCUT2D eigenvalue weighted by molar-refractivity contribution is 0.349. The zero-order valence-corrected chi connectivity index (χ0v) is 13.5. The average Bonchev–Trinajstić information content (AvgIpc) is 2.73. The zero-order valence-electron chi connectivity index (χ0n) is 11.1. The molecular formula is C16H20BrClO. The predicted octanol–water partition coefficient (Wildman–Crippen LogP) is 5.16. The fourth-order valence-electron chi connectivity index (χ4n) is 3.39. The van der Waals surface area contributed by atoms with E-state index in [0.29, 0.717) is 4.83 Å². The van der Waals surface area contributed by atoms with Crippen molar-refractivity contribution in [1.29, 1.82) is 0 Å². The Morgan fingerprint density at radius 1 is 1.26 bits per heavy atom. The highest BCUT2D eigenvalue weighted by Crippen LogP contribution is 2.37. The Morgan fingerprint density at radius 3 is 3.00 bits per heavy atom. The molecule has 19 heavy (non-hydrogen) atoms. The minimum absolute atomic E-state index is 0.688.